The first kappa shape index (κ1) is 22.9. The Hall–Kier alpha value is -1.39. The lowest BCUT2D eigenvalue weighted by molar-refractivity contribution is 0.0499. The van der Waals surface area contributed by atoms with E-state index >= 15 is 0 Å². The molecule has 2 aromatic rings. The SMILES string of the molecule is CC(C)[Si](C(C)C)(C(C)C)C(COC(=O)c1ccc(Br)cc1)c1ccccc1. The molecule has 0 saturated heterocycles. The molecule has 0 spiro atoms. The molecule has 2 rings (SSSR count). The fourth-order valence-corrected chi connectivity index (χ4v) is 13.1. The van der Waals surface area contributed by atoms with E-state index in [4.69, 9.17) is 4.74 Å². The molecule has 0 aromatic heterocycles. The molecular weight excluding hydrogens is 428 g/mol. The zero-order valence-electron chi connectivity index (χ0n) is 17.9. The minimum absolute atomic E-state index is 0.243. The van der Waals surface area contributed by atoms with Crippen molar-refractivity contribution in [1.82, 2.24) is 0 Å². The normalized spacial score (nSPS) is 13.2. The van der Waals surface area contributed by atoms with Gasteiger partial charge in [0.05, 0.1) is 20.2 Å². The summed E-state index contributed by atoms with van der Waals surface area (Å²) in [5.41, 5.74) is 3.93. The highest BCUT2D eigenvalue weighted by molar-refractivity contribution is 9.10. The third-order valence-electron chi connectivity index (χ3n) is 6.27. The average molecular weight is 462 g/mol. The van der Waals surface area contributed by atoms with Gasteiger partial charge in [0, 0.05) is 10.0 Å². The van der Waals surface area contributed by atoms with Gasteiger partial charge in [0.1, 0.15) is 0 Å². The third kappa shape index (κ3) is 4.77. The molecule has 0 saturated carbocycles. The van der Waals surface area contributed by atoms with Gasteiger partial charge >= 0.3 is 5.97 Å². The summed E-state index contributed by atoms with van der Waals surface area (Å²) in [7, 11) is -1.86. The number of carbonyl (C=O) groups excluding carboxylic acids is 1. The second kappa shape index (κ2) is 9.88. The molecule has 2 nitrogen and oxygen atoms in total. The Balaban J connectivity index is 2.39. The van der Waals surface area contributed by atoms with Crippen LogP contribution >= 0.6 is 15.9 Å². The van der Waals surface area contributed by atoms with Crippen molar-refractivity contribution in [3.8, 4) is 0 Å². The number of hydrogen-bond acceptors (Lipinski definition) is 2. The van der Waals surface area contributed by atoms with E-state index in [1.165, 1.54) is 5.56 Å². The highest BCUT2D eigenvalue weighted by Gasteiger charge is 2.49. The summed E-state index contributed by atoms with van der Waals surface area (Å²) >= 11 is 3.41. The van der Waals surface area contributed by atoms with Gasteiger partial charge in [-0.05, 0) is 46.5 Å². The van der Waals surface area contributed by atoms with E-state index in [0.717, 1.165) is 4.47 Å². The predicted octanol–water partition coefficient (Wildman–Crippen LogP) is 7.61. The van der Waals surface area contributed by atoms with Crippen LogP contribution in [-0.4, -0.2) is 20.7 Å². The highest BCUT2D eigenvalue weighted by atomic mass is 79.9. The average Bonchev–Trinajstić information content (AvgIpc) is 2.65. The van der Waals surface area contributed by atoms with Gasteiger partial charge in [-0.15, -0.1) is 0 Å². The fraction of sp³-hybridized carbons (Fsp3) is 0.458. The Kier molecular flexibility index (Phi) is 8.08. The lowest BCUT2D eigenvalue weighted by atomic mass is 10.1. The smallest absolute Gasteiger partial charge is 0.338 e. The first-order chi connectivity index (χ1) is 13.2. The standard InChI is InChI=1S/C24H33BrO2Si/c1-17(2)28(18(3)4,19(5)6)23(20-10-8-7-9-11-20)16-27-24(26)21-12-14-22(25)15-13-21/h7-15,17-19,23H,16H2,1-6H3. The summed E-state index contributed by atoms with van der Waals surface area (Å²) < 4.78 is 6.88. The molecule has 1 atom stereocenters. The van der Waals surface area contributed by atoms with Gasteiger partial charge in [0.25, 0.3) is 0 Å². The van der Waals surface area contributed by atoms with Gasteiger partial charge in [0.2, 0.25) is 0 Å². The maximum Gasteiger partial charge on any atom is 0.338 e. The molecule has 0 N–H and O–H groups in total. The molecule has 28 heavy (non-hydrogen) atoms. The van der Waals surface area contributed by atoms with E-state index in [2.05, 4.69) is 87.8 Å². The van der Waals surface area contributed by atoms with Gasteiger partial charge in [-0.1, -0.05) is 87.8 Å². The fourth-order valence-electron chi connectivity index (χ4n) is 5.25. The number of rotatable bonds is 8. The van der Waals surface area contributed by atoms with Crippen molar-refractivity contribution in [3.63, 3.8) is 0 Å². The number of halogens is 1. The Morgan fingerprint density at radius 3 is 1.82 bits per heavy atom. The molecule has 0 aliphatic heterocycles. The van der Waals surface area contributed by atoms with Crippen LogP contribution < -0.4 is 0 Å². The molecule has 1 unspecified atom stereocenters. The van der Waals surface area contributed by atoms with Crippen LogP contribution in [0.2, 0.25) is 16.6 Å². The Morgan fingerprint density at radius 1 is 0.857 bits per heavy atom. The first-order valence-corrected chi connectivity index (χ1v) is 13.3. The lowest BCUT2D eigenvalue weighted by Crippen LogP contribution is -2.52. The summed E-state index contributed by atoms with van der Waals surface area (Å²) in [6, 6.07) is 18.0. The lowest BCUT2D eigenvalue weighted by Gasteiger charge is -2.49. The predicted molar refractivity (Wildman–Crippen MR) is 125 cm³/mol. The Labute approximate surface area is 179 Å². The van der Waals surface area contributed by atoms with Crippen molar-refractivity contribution in [1.29, 1.82) is 0 Å². The van der Waals surface area contributed by atoms with Crippen molar-refractivity contribution in [2.24, 2.45) is 0 Å². The molecule has 0 amide bonds. The van der Waals surface area contributed by atoms with Gasteiger partial charge in [-0.25, -0.2) is 4.79 Å². The maximum absolute atomic E-state index is 12.7. The van der Waals surface area contributed by atoms with Crippen LogP contribution in [0.5, 0.6) is 0 Å². The van der Waals surface area contributed by atoms with E-state index in [-0.39, 0.29) is 11.5 Å². The summed E-state index contributed by atoms with van der Waals surface area (Å²) in [6.07, 6.45) is 0. The number of benzene rings is 2. The molecular formula is C24H33BrO2Si. The van der Waals surface area contributed by atoms with Crippen LogP contribution in [0.4, 0.5) is 0 Å². The first-order valence-electron chi connectivity index (χ1n) is 10.2. The van der Waals surface area contributed by atoms with E-state index in [0.29, 0.717) is 28.8 Å². The third-order valence-corrected chi connectivity index (χ3v) is 14.5. The van der Waals surface area contributed by atoms with Crippen molar-refractivity contribution in [2.45, 2.75) is 63.7 Å². The largest absolute Gasteiger partial charge is 0.462 e. The number of ether oxygens (including phenoxy) is 1. The second-order valence-electron chi connectivity index (χ2n) is 8.53. The van der Waals surface area contributed by atoms with Crippen LogP contribution in [0.15, 0.2) is 59.1 Å². The Bertz CT molecular complexity index is 732. The summed E-state index contributed by atoms with van der Waals surface area (Å²) in [4.78, 5) is 12.7. The number of hydrogen-bond donors (Lipinski definition) is 0. The minimum Gasteiger partial charge on any atom is -0.462 e. The highest BCUT2D eigenvalue weighted by Crippen LogP contribution is 2.50. The van der Waals surface area contributed by atoms with E-state index in [1.807, 2.05) is 24.3 Å². The van der Waals surface area contributed by atoms with Crippen LogP contribution in [0.25, 0.3) is 0 Å². The zero-order chi connectivity index (χ0) is 20.9. The Morgan fingerprint density at radius 2 is 1.36 bits per heavy atom. The molecule has 4 heteroatoms. The van der Waals surface area contributed by atoms with Crippen LogP contribution in [0, 0.1) is 0 Å². The van der Waals surface area contributed by atoms with Crippen molar-refractivity contribution in [3.05, 3.63) is 70.2 Å². The van der Waals surface area contributed by atoms with Gasteiger partial charge in [-0.3, -0.25) is 0 Å². The second-order valence-corrected chi connectivity index (χ2v) is 15.6. The topological polar surface area (TPSA) is 26.3 Å². The van der Waals surface area contributed by atoms with Crippen molar-refractivity contribution in [2.75, 3.05) is 6.61 Å². The number of carbonyl (C=O) groups is 1. The molecule has 0 radical (unpaired) electrons. The van der Waals surface area contributed by atoms with Gasteiger partial charge in [0.15, 0.2) is 0 Å². The molecule has 0 heterocycles. The van der Waals surface area contributed by atoms with Gasteiger partial charge < -0.3 is 4.74 Å². The summed E-state index contributed by atoms with van der Waals surface area (Å²) in [6.45, 7) is 14.6. The molecule has 0 aliphatic carbocycles. The van der Waals surface area contributed by atoms with Crippen LogP contribution in [-0.2, 0) is 4.74 Å². The van der Waals surface area contributed by atoms with E-state index < -0.39 is 8.07 Å². The van der Waals surface area contributed by atoms with Crippen molar-refractivity contribution < 1.29 is 9.53 Å². The molecule has 0 bridgehead atoms. The number of esters is 1. The zero-order valence-corrected chi connectivity index (χ0v) is 20.5. The van der Waals surface area contributed by atoms with Crippen LogP contribution in [0.1, 0.15) is 63.0 Å². The molecule has 0 aliphatic rings. The maximum atomic E-state index is 12.7. The molecule has 0 fully saturated rings. The van der Waals surface area contributed by atoms with Gasteiger partial charge in [-0.2, -0.15) is 0 Å². The minimum atomic E-state index is -1.86. The summed E-state index contributed by atoms with van der Waals surface area (Å²) in [5.74, 6) is -0.243. The van der Waals surface area contributed by atoms with E-state index in [9.17, 15) is 4.79 Å². The molecule has 152 valence electrons. The van der Waals surface area contributed by atoms with E-state index in [1.54, 1.807) is 0 Å². The summed E-state index contributed by atoms with van der Waals surface area (Å²) in [5, 5.41) is 0. The monoisotopic (exact) mass is 460 g/mol. The van der Waals surface area contributed by atoms with Crippen LogP contribution in [0.3, 0.4) is 0 Å². The van der Waals surface area contributed by atoms with Crippen molar-refractivity contribution >= 4 is 30.0 Å². The molecule has 2 aromatic carbocycles. The quantitative estimate of drug-likeness (QED) is 0.299.